The van der Waals surface area contributed by atoms with Gasteiger partial charge in [0.1, 0.15) is 11.6 Å². The summed E-state index contributed by atoms with van der Waals surface area (Å²) in [6.07, 6.45) is 6.40. The van der Waals surface area contributed by atoms with E-state index in [-0.39, 0.29) is 30.2 Å². The smallest absolute Gasteiger partial charge is 0.407 e. The Balaban J connectivity index is 0.903. The number of ether oxygens (including phenoxy) is 1. The number of hydrogen-bond donors (Lipinski definition) is 2. The third kappa shape index (κ3) is 8.06. The second kappa shape index (κ2) is 15.3. The second-order valence-corrected chi connectivity index (χ2v) is 17.0. The van der Waals surface area contributed by atoms with Crippen LogP contribution in [0, 0.1) is 0 Å². The van der Waals surface area contributed by atoms with Gasteiger partial charge in [-0.2, -0.15) is 0 Å². The Labute approximate surface area is 310 Å². The Hall–Kier alpha value is -3.81. The summed E-state index contributed by atoms with van der Waals surface area (Å²) in [6.45, 7) is 11.6. The monoisotopic (exact) mass is 731 g/mol. The molecular weight excluding hydrogens is 679 g/mol. The number of hydrogen-bond acceptors (Lipinski definition) is 9. The molecule has 0 spiro atoms. The first-order valence-electron chi connectivity index (χ1n) is 19.0. The molecule has 4 aliphatic heterocycles. The normalized spacial score (nSPS) is 22.2. The van der Waals surface area contributed by atoms with Crippen LogP contribution >= 0.6 is 11.9 Å². The second-order valence-electron chi connectivity index (χ2n) is 15.9. The fraction of sp³-hybridized carbons (Fsp3) is 0.590. The predicted molar refractivity (Wildman–Crippen MR) is 204 cm³/mol. The summed E-state index contributed by atoms with van der Waals surface area (Å²) in [5.41, 5.74) is 3.44. The zero-order valence-corrected chi connectivity index (χ0v) is 31.8. The minimum absolute atomic E-state index is 0.148. The topological polar surface area (TPSA) is 121 Å². The Bertz CT molecular complexity index is 1840. The zero-order chi connectivity index (χ0) is 36.6. The third-order valence-electron chi connectivity index (χ3n) is 11.2. The lowest BCUT2D eigenvalue weighted by atomic mass is 9.87. The Morgan fingerprint density at radius 1 is 0.885 bits per heavy atom. The fourth-order valence-corrected chi connectivity index (χ4v) is 9.55. The van der Waals surface area contributed by atoms with Crippen molar-refractivity contribution in [3.63, 3.8) is 0 Å². The number of nitrogens with one attached hydrogen (secondary N) is 2. The average Bonchev–Trinajstić information content (AvgIpc) is 3.37. The van der Waals surface area contributed by atoms with E-state index < -0.39 is 17.6 Å². The molecule has 2 N–H and O–H groups in total. The lowest BCUT2D eigenvalue weighted by Gasteiger charge is -2.42. The molecule has 3 aromatic rings. The van der Waals surface area contributed by atoms with E-state index in [0.717, 1.165) is 88.8 Å². The number of rotatable bonds is 7. The van der Waals surface area contributed by atoms with Gasteiger partial charge >= 0.3 is 11.8 Å². The number of para-hydroxylation sites is 1. The van der Waals surface area contributed by atoms with Gasteiger partial charge in [0.05, 0.1) is 11.0 Å². The molecule has 4 aliphatic rings. The number of carbonyl (C=O) groups is 3. The molecule has 52 heavy (non-hydrogen) atoms. The molecule has 12 nitrogen and oxygen atoms in total. The van der Waals surface area contributed by atoms with Crippen LogP contribution in [0.3, 0.4) is 0 Å². The number of aromatic nitrogens is 2. The molecule has 280 valence electrons. The number of benzene rings is 2. The van der Waals surface area contributed by atoms with Gasteiger partial charge in [-0.1, -0.05) is 18.2 Å². The Kier molecular flexibility index (Phi) is 10.7. The number of piperidine rings is 4. The largest absolute Gasteiger partial charge is 0.444 e. The first kappa shape index (κ1) is 36.5. The number of amides is 3. The highest BCUT2D eigenvalue weighted by molar-refractivity contribution is 7.97. The first-order valence-corrected chi connectivity index (χ1v) is 19.8. The Morgan fingerprint density at radius 3 is 2.29 bits per heavy atom. The van der Waals surface area contributed by atoms with Crippen LogP contribution < -0.4 is 21.2 Å². The molecular formula is C39H53N7O5S. The lowest BCUT2D eigenvalue weighted by molar-refractivity contribution is -0.135. The maximum absolute atomic E-state index is 13.4. The summed E-state index contributed by atoms with van der Waals surface area (Å²) in [4.78, 5) is 56.6. The molecule has 0 saturated carbocycles. The fourth-order valence-electron chi connectivity index (χ4n) is 8.54. The molecule has 3 amide bonds. The lowest BCUT2D eigenvalue weighted by Crippen LogP contribution is -2.47. The van der Waals surface area contributed by atoms with Crippen LogP contribution in [-0.4, -0.2) is 93.2 Å². The van der Waals surface area contributed by atoms with E-state index in [2.05, 4.69) is 55.1 Å². The first-order chi connectivity index (χ1) is 24.9. The number of likely N-dealkylation sites (tertiary alicyclic amines) is 1. The predicted octanol–water partition coefficient (Wildman–Crippen LogP) is 5.16. The van der Waals surface area contributed by atoms with Gasteiger partial charge in [-0.25, -0.2) is 13.9 Å². The molecule has 5 heterocycles. The minimum Gasteiger partial charge on any atom is -0.444 e. The maximum atomic E-state index is 13.4. The van der Waals surface area contributed by atoms with E-state index in [0.29, 0.717) is 18.4 Å². The number of carbonyl (C=O) groups excluding carboxylic acids is 3. The summed E-state index contributed by atoms with van der Waals surface area (Å²) >= 11 is 1.81. The summed E-state index contributed by atoms with van der Waals surface area (Å²) in [7, 11) is 1.80. The number of imidazole rings is 1. The highest BCUT2D eigenvalue weighted by Crippen LogP contribution is 2.36. The minimum atomic E-state index is -0.669. The number of anilines is 1. The molecule has 0 radical (unpaired) electrons. The van der Waals surface area contributed by atoms with Crippen LogP contribution in [0.1, 0.15) is 89.7 Å². The summed E-state index contributed by atoms with van der Waals surface area (Å²) in [6, 6.07) is 15.0. The van der Waals surface area contributed by atoms with Crippen LogP contribution in [0.4, 0.5) is 10.5 Å². The van der Waals surface area contributed by atoms with E-state index in [1.165, 1.54) is 16.1 Å². The number of imide groups is 1. The number of nitrogens with zero attached hydrogens (tertiary/aromatic N) is 5. The van der Waals surface area contributed by atoms with Gasteiger partial charge in [-0.3, -0.25) is 24.0 Å². The quantitative estimate of drug-likeness (QED) is 0.251. The molecule has 2 aromatic carbocycles. The zero-order valence-electron chi connectivity index (χ0n) is 30.9. The molecule has 4 fully saturated rings. The van der Waals surface area contributed by atoms with E-state index in [4.69, 9.17) is 4.74 Å². The summed E-state index contributed by atoms with van der Waals surface area (Å²) < 4.78 is 11.1. The van der Waals surface area contributed by atoms with Crippen LogP contribution in [0.5, 0.6) is 0 Å². The summed E-state index contributed by atoms with van der Waals surface area (Å²) in [5, 5.41) is 5.45. The highest BCUT2D eigenvalue weighted by Gasteiger charge is 2.34. The molecule has 13 heteroatoms. The average molecular weight is 732 g/mol. The third-order valence-corrected chi connectivity index (χ3v) is 12.3. The molecule has 1 aromatic heterocycles. The number of aryl methyl sites for hydroxylation is 1. The van der Waals surface area contributed by atoms with Crippen molar-refractivity contribution in [2.24, 2.45) is 7.05 Å². The standard InChI is InChI=1S/C39H53N7O5S/c1-39(2,3)51-37(49)40-27-15-23-45(24-16-27)52-30-8-5-7-29(25-30)44-21-17-28(18-22-44)43-19-13-26(14-20-43)31-9-6-10-32-35(31)42(4)38(50)46(32)33-11-12-34(47)41-36(33)48/h5-10,25-28,33H,11-24H2,1-4H3,(H,40,49)(H,41,47,48). The van der Waals surface area contributed by atoms with Crippen molar-refractivity contribution in [1.29, 1.82) is 0 Å². The van der Waals surface area contributed by atoms with E-state index in [1.54, 1.807) is 16.2 Å². The van der Waals surface area contributed by atoms with E-state index in [1.807, 2.05) is 44.9 Å². The summed E-state index contributed by atoms with van der Waals surface area (Å²) in [5.74, 6) is -0.336. The van der Waals surface area contributed by atoms with Crippen LogP contribution in [0.25, 0.3) is 11.0 Å². The van der Waals surface area contributed by atoms with Crippen LogP contribution in [-0.2, 0) is 21.4 Å². The van der Waals surface area contributed by atoms with Crippen molar-refractivity contribution in [1.82, 2.24) is 29.0 Å². The van der Waals surface area contributed by atoms with Gasteiger partial charge in [0.15, 0.2) is 0 Å². The number of alkyl carbamates (subject to hydrolysis) is 1. The highest BCUT2D eigenvalue weighted by atomic mass is 32.2. The van der Waals surface area contributed by atoms with E-state index in [9.17, 15) is 19.2 Å². The van der Waals surface area contributed by atoms with Gasteiger partial charge < -0.3 is 19.9 Å². The SMILES string of the molecule is Cn1c(=O)n(C2CCC(=O)NC2=O)c2cccc(C3CCN(C4CCN(c5cccc(SN6CCC(NC(=O)OC(C)(C)C)CC6)c5)CC4)CC3)c21. The molecule has 0 bridgehead atoms. The van der Waals surface area contributed by atoms with Gasteiger partial charge in [0.25, 0.3) is 0 Å². The number of fused-ring (bicyclic) bond motifs is 1. The van der Waals surface area contributed by atoms with Crippen molar-refractivity contribution in [3.8, 4) is 0 Å². The maximum Gasteiger partial charge on any atom is 0.407 e. The molecule has 4 saturated heterocycles. The van der Waals surface area contributed by atoms with Gasteiger partial charge in [-0.05, 0) is 127 Å². The van der Waals surface area contributed by atoms with Crippen molar-refractivity contribution in [2.75, 3.05) is 44.2 Å². The Morgan fingerprint density at radius 2 is 1.60 bits per heavy atom. The van der Waals surface area contributed by atoms with Crippen molar-refractivity contribution < 1.29 is 19.1 Å². The molecule has 1 unspecified atom stereocenters. The van der Waals surface area contributed by atoms with Crippen LogP contribution in [0.15, 0.2) is 52.2 Å². The van der Waals surface area contributed by atoms with Crippen molar-refractivity contribution >= 4 is 46.6 Å². The van der Waals surface area contributed by atoms with Gasteiger partial charge in [-0.15, -0.1) is 0 Å². The van der Waals surface area contributed by atoms with Crippen molar-refractivity contribution in [3.05, 3.63) is 58.5 Å². The molecule has 1 atom stereocenters. The van der Waals surface area contributed by atoms with Crippen molar-refractivity contribution in [2.45, 2.75) is 107 Å². The molecule has 0 aliphatic carbocycles. The molecule has 7 rings (SSSR count). The van der Waals surface area contributed by atoms with Crippen LogP contribution in [0.2, 0.25) is 0 Å². The van der Waals surface area contributed by atoms with Gasteiger partial charge in [0, 0.05) is 62.3 Å². The van der Waals surface area contributed by atoms with Gasteiger partial charge in [0.2, 0.25) is 11.8 Å². The van der Waals surface area contributed by atoms with E-state index >= 15 is 0 Å².